The van der Waals surface area contributed by atoms with E-state index in [0.717, 1.165) is 71.0 Å². The first-order valence-electron chi connectivity index (χ1n) is 10.7. The van der Waals surface area contributed by atoms with Crippen LogP contribution in [0.5, 0.6) is 0 Å². The van der Waals surface area contributed by atoms with Crippen molar-refractivity contribution in [2.45, 2.75) is 39.2 Å². The number of nitrogens with zero attached hydrogens (tertiary/aromatic N) is 4. The normalized spacial score (nSPS) is 19.0. The second-order valence-electron chi connectivity index (χ2n) is 7.73. The van der Waals surface area contributed by atoms with Gasteiger partial charge < -0.3 is 15.1 Å². The second kappa shape index (κ2) is 10.5. The highest BCUT2D eigenvalue weighted by Crippen LogP contribution is 2.11. The van der Waals surface area contributed by atoms with Crippen LogP contribution < -0.4 is 5.32 Å². The van der Waals surface area contributed by atoms with E-state index in [1.165, 1.54) is 17.5 Å². The molecule has 2 aliphatic rings. The molecule has 1 amide bonds. The van der Waals surface area contributed by atoms with Gasteiger partial charge in [0, 0.05) is 52.9 Å². The van der Waals surface area contributed by atoms with Crippen molar-refractivity contribution in [3.05, 3.63) is 35.4 Å². The smallest absolute Gasteiger partial charge is 0.236 e. The Morgan fingerprint density at radius 1 is 0.964 bits per heavy atom. The first-order valence-corrected chi connectivity index (χ1v) is 10.7. The number of piperidine rings is 1. The highest BCUT2D eigenvalue weighted by atomic mass is 16.2. The Labute approximate surface area is 169 Å². The number of likely N-dealkylation sites (tertiary alicyclic amines) is 1. The van der Waals surface area contributed by atoms with Crippen LogP contribution in [0, 0.1) is 0 Å². The fourth-order valence-corrected chi connectivity index (χ4v) is 4.13. The van der Waals surface area contributed by atoms with Gasteiger partial charge in [-0.05, 0) is 36.8 Å². The standard InChI is InChI=1S/C22H35N5O/c1-3-19-9-5-6-10-20(19)17-24-22(23-2)27-15-13-25(14-16-27)18-21(28)26-11-7-4-8-12-26/h5-6,9-10H,3-4,7-8,11-18H2,1-2H3,(H,23,24). The Morgan fingerprint density at radius 2 is 1.64 bits per heavy atom. The maximum absolute atomic E-state index is 12.5. The van der Waals surface area contributed by atoms with Crippen LogP contribution in [-0.4, -0.2) is 79.4 Å². The van der Waals surface area contributed by atoms with Crippen LogP contribution in [-0.2, 0) is 17.8 Å². The summed E-state index contributed by atoms with van der Waals surface area (Å²) in [6, 6.07) is 8.57. The minimum atomic E-state index is 0.298. The predicted octanol–water partition coefficient (Wildman–Crippen LogP) is 1.95. The van der Waals surface area contributed by atoms with E-state index in [9.17, 15) is 4.79 Å². The van der Waals surface area contributed by atoms with Crippen molar-refractivity contribution in [1.29, 1.82) is 0 Å². The third-order valence-electron chi connectivity index (χ3n) is 5.89. The largest absolute Gasteiger partial charge is 0.352 e. The molecule has 0 atom stereocenters. The summed E-state index contributed by atoms with van der Waals surface area (Å²) in [7, 11) is 1.85. The molecule has 2 fully saturated rings. The van der Waals surface area contributed by atoms with E-state index in [1.54, 1.807) is 0 Å². The van der Waals surface area contributed by atoms with E-state index in [0.29, 0.717) is 12.5 Å². The molecule has 1 aromatic carbocycles. The minimum Gasteiger partial charge on any atom is -0.352 e. The van der Waals surface area contributed by atoms with E-state index in [-0.39, 0.29) is 0 Å². The van der Waals surface area contributed by atoms with E-state index in [1.807, 2.05) is 11.9 Å². The maximum atomic E-state index is 12.5. The van der Waals surface area contributed by atoms with Gasteiger partial charge in [-0.1, -0.05) is 31.2 Å². The molecular weight excluding hydrogens is 350 g/mol. The Bertz CT molecular complexity index is 661. The summed E-state index contributed by atoms with van der Waals surface area (Å²) < 4.78 is 0. The molecule has 2 heterocycles. The van der Waals surface area contributed by atoms with E-state index in [4.69, 9.17) is 0 Å². The third kappa shape index (κ3) is 5.47. The number of aliphatic imine (C=N–C) groups is 1. The SMILES string of the molecule is CCc1ccccc1CNC(=NC)N1CCN(CC(=O)N2CCCCC2)CC1. The Morgan fingerprint density at radius 3 is 2.29 bits per heavy atom. The number of nitrogens with one attached hydrogen (secondary N) is 1. The van der Waals surface area contributed by atoms with Gasteiger partial charge in [-0.3, -0.25) is 14.7 Å². The third-order valence-corrected chi connectivity index (χ3v) is 5.89. The Kier molecular flexibility index (Phi) is 7.71. The number of amides is 1. The maximum Gasteiger partial charge on any atom is 0.236 e. The summed E-state index contributed by atoms with van der Waals surface area (Å²) in [4.78, 5) is 23.6. The molecule has 0 bridgehead atoms. The highest BCUT2D eigenvalue weighted by molar-refractivity contribution is 5.80. The summed E-state index contributed by atoms with van der Waals surface area (Å²) in [5, 5.41) is 3.52. The van der Waals surface area contributed by atoms with Crippen LogP contribution in [0.25, 0.3) is 0 Å². The quantitative estimate of drug-likeness (QED) is 0.622. The molecule has 2 saturated heterocycles. The molecule has 0 saturated carbocycles. The molecule has 0 radical (unpaired) electrons. The van der Waals surface area contributed by atoms with Gasteiger partial charge in [0.2, 0.25) is 5.91 Å². The zero-order chi connectivity index (χ0) is 19.8. The van der Waals surface area contributed by atoms with Gasteiger partial charge in [0.1, 0.15) is 0 Å². The topological polar surface area (TPSA) is 51.2 Å². The summed E-state index contributed by atoms with van der Waals surface area (Å²) in [6.45, 7) is 9.05. The number of benzene rings is 1. The molecule has 0 aliphatic carbocycles. The molecule has 0 aromatic heterocycles. The number of carbonyl (C=O) groups is 1. The van der Waals surface area contributed by atoms with Gasteiger partial charge in [-0.15, -0.1) is 0 Å². The average molecular weight is 386 g/mol. The summed E-state index contributed by atoms with van der Waals surface area (Å²) in [5.41, 5.74) is 2.71. The lowest BCUT2D eigenvalue weighted by Gasteiger charge is -2.37. The van der Waals surface area contributed by atoms with Crippen LogP contribution in [0.1, 0.15) is 37.3 Å². The van der Waals surface area contributed by atoms with Crippen LogP contribution in [0.2, 0.25) is 0 Å². The average Bonchev–Trinajstić information content (AvgIpc) is 2.76. The molecule has 6 heteroatoms. The van der Waals surface area contributed by atoms with Gasteiger partial charge in [0.05, 0.1) is 6.54 Å². The summed E-state index contributed by atoms with van der Waals surface area (Å²) >= 11 is 0. The molecular formula is C22H35N5O. The lowest BCUT2D eigenvalue weighted by Crippen LogP contribution is -2.54. The highest BCUT2D eigenvalue weighted by Gasteiger charge is 2.24. The van der Waals surface area contributed by atoms with Crippen molar-refractivity contribution < 1.29 is 4.79 Å². The van der Waals surface area contributed by atoms with Gasteiger partial charge in [0.25, 0.3) is 0 Å². The van der Waals surface area contributed by atoms with E-state index < -0.39 is 0 Å². The van der Waals surface area contributed by atoms with Crippen molar-refractivity contribution in [2.75, 3.05) is 52.9 Å². The van der Waals surface area contributed by atoms with Crippen molar-refractivity contribution in [1.82, 2.24) is 20.0 Å². The molecule has 1 N–H and O–H groups in total. The monoisotopic (exact) mass is 385 g/mol. The van der Waals surface area contributed by atoms with Gasteiger partial charge >= 0.3 is 0 Å². The van der Waals surface area contributed by atoms with Crippen molar-refractivity contribution in [2.24, 2.45) is 4.99 Å². The molecule has 28 heavy (non-hydrogen) atoms. The second-order valence-corrected chi connectivity index (χ2v) is 7.73. The lowest BCUT2D eigenvalue weighted by atomic mass is 10.1. The lowest BCUT2D eigenvalue weighted by molar-refractivity contribution is -0.133. The molecule has 0 unspecified atom stereocenters. The number of piperazine rings is 1. The van der Waals surface area contributed by atoms with Crippen LogP contribution in [0.15, 0.2) is 29.3 Å². The van der Waals surface area contributed by atoms with Gasteiger partial charge in [0.15, 0.2) is 5.96 Å². The van der Waals surface area contributed by atoms with Gasteiger partial charge in [-0.2, -0.15) is 0 Å². The van der Waals surface area contributed by atoms with Crippen LogP contribution >= 0.6 is 0 Å². The van der Waals surface area contributed by atoms with Crippen LogP contribution in [0.3, 0.4) is 0 Å². The van der Waals surface area contributed by atoms with E-state index >= 15 is 0 Å². The number of hydrogen-bond acceptors (Lipinski definition) is 3. The summed E-state index contributed by atoms with van der Waals surface area (Å²) in [5.74, 6) is 1.25. The van der Waals surface area contributed by atoms with Crippen molar-refractivity contribution in [3.63, 3.8) is 0 Å². The fourth-order valence-electron chi connectivity index (χ4n) is 4.13. The molecule has 3 rings (SSSR count). The first-order chi connectivity index (χ1) is 13.7. The molecule has 154 valence electrons. The zero-order valence-electron chi connectivity index (χ0n) is 17.5. The predicted molar refractivity (Wildman–Crippen MR) is 114 cm³/mol. The number of hydrogen-bond donors (Lipinski definition) is 1. The Balaban J connectivity index is 1.45. The van der Waals surface area contributed by atoms with Crippen LogP contribution in [0.4, 0.5) is 0 Å². The molecule has 2 aliphatic heterocycles. The van der Waals surface area contributed by atoms with Gasteiger partial charge in [-0.25, -0.2) is 0 Å². The number of rotatable bonds is 5. The number of carbonyl (C=O) groups excluding carboxylic acids is 1. The molecule has 6 nitrogen and oxygen atoms in total. The summed E-state index contributed by atoms with van der Waals surface area (Å²) in [6.07, 6.45) is 4.61. The van der Waals surface area contributed by atoms with Crippen molar-refractivity contribution in [3.8, 4) is 0 Å². The van der Waals surface area contributed by atoms with E-state index in [2.05, 4.69) is 51.3 Å². The Hall–Kier alpha value is -2.08. The zero-order valence-corrected chi connectivity index (χ0v) is 17.5. The number of aryl methyl sites for hydroxylation is 1. The van der Waals surface area contributed by atoms with Crippen molar-refractivity contribution >= 4 is 11.9 Å². The first kappa shape index (κ1) is 20.6. The minimum absolute atomic E-state index is 0.298. The molecule has 1 aromatic rings. The fraction of sp³-hybridized carbons (Fsp3) is 0.636. The number of guanidine groups is 1. The molecule has 0 spiro atoms.